The predicted molar refractivity (Wildman–Crippen MR) is 90.3 cm³/mol. The van der Waals surface area contributed by atoms with E-state index < -0.39 is 0 Å². The molecule has 0 aromatic carbocycles. The van der Waals surface area contributed by atoms with Crippen molar-refractivity contribution in [3.05, 3.63) is 77.4 Å². The van der Waals surface area contributed by atoms with E-state index in [2.05, 4.69) is 28.8 Å². The third kappa shape index (κ3) is 2.11. The van der Waals surface area contributed by atoms with Crippen LogP contribution in [0.4, 0.5) is 0 Å². The number of allylic oxidation sites excluding steroid dienone is 1. The largest absolute Gasteiger partial charge is 0.294 e. The molecule has 0 unspecified atom stereocenters. The first-order valence-electron chi connectivity index (χ1n) is 7.49. The molecule has 0 amide bonds. The van der Waals surface area contributed by atoms with Gasteiger partial charge in [0.25, 0.3) is 0 Å². The number of rotatable bonds is 3. The minimum Gasteiger partial charge on any atom is -0.294 e. The number of hydrogen-bond acceptors (Lipinski definition) is 3. The summed E-state index contributed by atoms with van der Waals surface area (Å²) < 4.78 is 1.73. The second-order valence-corrected chi connectivity index (χ2v) is 5.62. The standard InChI is InChI=1S/C19H15N3O/c1-3-14-4-5-16-15(6-7-18(16)21-14)13-8-9-22-19(10-13)17(11-20-22)12(2)23/h3-6,8-11H,1,7H2,2H3. The zero-order chi connectivity index (χ0) is 16.0. The second-order valence-electron chi connectivity index (χ2n) is 5.62. The van der Waals surface area contributed by atoms with Gasteiger partial charge >= 0.3 is 0 Å². The van der Waals surface area contributed by atoms with Gasteiger partial charge in [0, 0.05) is 18.2 Å². The van der Waals surface area contributed by atoms with Gasteiger partial charge in [0.2, 0.25) is 0 Å². The Hall–Kier alpha value is -3.01. The Bertz CT molecular complexity index is 995. The van der Waals surface area contributed by atoms with Gasteiger partial charge in [-0.15, -0.1) is 0 Å². The van der Waals surface area contributed by atoms with Crippen molar-refractivity contribution in [3.8, 4) is 0 Å². The van der Waals surface area contributed by atoms with Crippen LogP contribution in [0.25, 0.3) is 17.2 Å². The van der Waals surface area contributed by atoms with E-state index in [1.54, 1.807) is 23.7 Å². The van der Waals surface area contributed by atoms with Gasteiger partial charge in [-0.3, -0.25) is 9.78 Å². The maximum atomic E-state index is 11.7. The topological polar surface area (TPSA) is 47.3 Å². The van der Waals surface area contributed by atoms with Crippen LogP contribution in [0.15, 0.2) is 49.3 Å². The Balaban J connectivity index is 1.84. The summed E-state index contributed by atoms with van der Waals surface area (Å²) in [6.45, 7) is 5.33. The van der Waals surface area contributed by atoms with Gasteiger partial charge in [0.1, 0.15) is 0 Å². The first-order chi connectivity index (χ1) is 11.2. The molecule has 4 heteroatoms. The second kappa shape index (κ2) is 5.02. The molecule has 1 aliphatic rings. The fraction of sp³-hybridized carbons (Fsp3) is 0.105. The third-order valence-corrected chi connectivity index (χ3v) is 4.21. The normalized spacial score (nSPS) is 13.0. The average molecular weight is 301 g/mol. The van der Waals surface area contributed by atoms with Crippen molar-refractivity contribution in [2.45, 2.75) is 13.3 Å². The summed E-state index contributed by atoms with van der Waals surface area (Å²) in [7, 11) is 0. The van der Waals surface area contributed by atoms with E-state index in [-0.39, 0.29) is 5.78 Å². The molecular weight excluding hydrogens is 286 g/mol. The number of ketones is 1. The van der Waals surface area contributed by atoms with E-state index in [9.17, 15) is 4.79 Å². The molecular formula is C19H15N3O. The number of hydrogen-bond donors (Lipinski definition) is 0. The first kappa shape index (κ1) is 13.6. The molecule has 0 bridgehead atoms. The molecule has 112 valence electrons. The van der Waals surface area contributed by atoms with E-state index in [1.807, 2.05) is 24.4 Å². The number of carbonyl (C=O) groups is 1. The Labute approximate surface area is 133 Å². The minimum atomic E-state index is 0.0234. The molecule has 0 aliphatic heterocycles. The summed E-state index contributed by atoms with van der Waals surface area (Å²) in [4.78, 5) is 16.3. The van der Waals surface area contributed by atoms with E-state index in [4.69, 9.17) is 0 Å². The van der Waals surface area contributed by atoms with Gasteiger partial charge in [0.05, 0.1) is 28.7 Å². The summed E-state index contributed by atoms with van der Waals surface area (Å²) in [6.07, 6.45) is 8.27. The van der Waals surface area contributed by atoms with Crippen LogP contribution in [0.3, 0.4) is 0 Å². The summed E-state index contributed by atoms with van der Waals surface area (Å²) in [5.74, 6) is 0.0234. The molecule has 1 aliphatic carbocycles. The van der Waals surface area contributed by atoms with Crippen molar-refractivity contribution in [3.63, 3.8) is 0 Å². The van der Waals surface area contributed by atoms with Crippen LogP contribution >= 0.6 is 0 Å². The lowest BCUT2D eigenvalue weighted by atomic mass is 10.0. The smallest absolute Gasteiger partial charge is 0.163 e. The summed E-state index contributed by atoms with van der Waals surface area (Å²) in [5, 5.41) is 4.23. The van der Waals surface area contributed by atoms with E-state index in [0.717, 1.165) is 40.0 Å². The van der Waals surface area contributed by atoms with Crippen LogP contribution in [-0.2, 0) is 6.42 Å². The van der Waals surface area contributed by atoms with Crippen LogP contribution in [0.1, 0.15) is 39.8 Å². The van der Waals surface area contributed by atoms with E-state index in [1.165, 1.54) is 0 Å². The fourth-order valence-electron chi connectivity index (χ4n) is 3.03. The van der Waals surface area contributed by atoms with Crippen LogP contribution < -0.4 is 0 Å². The van der Waals surface area contributed by atoms with Gasteiger partial charge in [-0.25, -0.2) is 4.52 Å². The van der Waals surface area contributed by atoms with Gasteiger partial charge in [0.15, 0.2) is 5.78 Å². The number of aromatic nitrogens is 3. The fourth-order valence-corrected chi connectivity index (χ4v) is 3.03. The molecule has 0 radical (unpaired) electrons. The lowest BCUT2D eigenvalue weighted by Gasteiger charge is -2.07. The predicted octanol–water partition coefficient (Wildman–Crippen LogP) is 3.56. The van der Waals surface area contributed by atoms with Crippen LogP contribution in [-0.4, -0.2) is 20.4 Å². The highest BCUT2D eigenvalue weighted by Gasteiger charge is 2.18. The lowest BCUT2D eigenvalue weighted by molar-refractivity contribution is 0.101. The zero-order valence-corrected chi connectivity index (χ0v) is 12.8. The molecule has 3 aromatic rings. The van der Waals surface area contributed by atoms with Crippen LogP contribution in [0.2, 0.25) is 0 Å². The van der Waals surface area contributed by atoms with E-state index in [0.29, 0.717) is 5.56 Å². The summed E-state index contributed by atoms with van der Waals surface area (Å²) >= 11 is 0. The lowest BCUT2D eigenvalue weighted by Crippen LogP contribution is -1.95. The monoisotopic (exact) mass is 301 g/mol. The molecule has 4 nitrogen and oxygen atoms in total. The number of nitrogens with zero attached hydrogens (tertiary/aromatic N) is 3. The first-order valence-corrected chi connectivity index (χ1v) is 7.49. The number of fused-ring (bicyclic) bond motifs is 2. The Morgan fingerprint density at radius 1 is 1.35 bits per heavy atom. The molecule has 0 saturated carbocycles. The quantitative estimate of drug-likeness (QED) is 0.695. The van der Waals surface area contributed by atoms with Crippen molar-refractivity contribution < 1.29 is 4.79 Å². The molecule has 23 heavy (non-hydrogen) atoms. The Kier molecular flexibility index (Phi) is 2.98. The van der Waals surface area contributed by atoms with E-state index >= 15 is 0 Å². The molecule has 0 spiro atoms. The number of Topliss-reactive ketones (excluding diaryl/α,β-unsaturated/α-hetero) is 1. The molecule has 0 saturated heterocycles. The molecule has 3 aromatic heterocycles. The summed E-state index contributed by atoms with van der Waals surface area (Å²) in [5.41, 5.74) is 6.81. The SMILES string of the molecule is C=Cc1ccc2c(n1)CC=C2c1ccn2ncc(C(C)=O)c2c1. The van der Waals surface area contributed by atoms with Crippen molar-refractivity contribution in [2.75, 3.05) is 0 Å². The zero-order valence-electron chi connectivity index (χ0n) is 12.8. The molecule has 0 fully saturated rings. The van der Waals surface area contributed by atoms with Gasteiger partial charge in [-0.05, 0) is 42.3 Å². The highest BCUT2D eigenvalue weighted by Crippen LogP contribution is 2.32. The van der Waals surface area contributed by atoms with Gasteiger partial charge in [-0.1, -0.05) is 18.7 Å². The highest BCUT2D eigenvalue weighted by atomic mass is 16.1. The maximum absolute atomic E-state index is 11.7. The van der Waals surface area contributed by atoms with Crippen molar-refractivity contribution in [1.82, 2.24) is 14.6 Å². The maximum Gasteiger partial charge on any atom is 0.163 e. The Morgan fingerprint density at radius 2 is 2.22 bits per heavy atom. The van der Waals surface area contributed by atoms with Crippen molar-refractivity contribution in [1.29, 1.82) is 0 Å². The van der Waals surface area contributed by atoms with Gasteiger partial charge < -0.3 is 0 Å². The average Bonchev–Trinajstić information content (AvgIpc) is 3.17. The molecule has 0 atom stereocenters. The van der Waals surface area contributed by atoms with Crippen molar-refractivity contribution in [2.24, 2.45) is 0 Å². The minimum absolute atomic E-state index is 0.0234. The highest BCUT2D eigenvalue weighted by molar-refractivity contribution is 6.01. The Morgan fingerprint density at radius 3 is 3.00 bits per heavy atom. The van der Waals surface area contributed by atoms with Crippen LogP contribution in [0.5, 0.6) is 0 Å². The number of pyridine rings is 2. The molecule has 0 N–H and O–H groups in total. The molecule has 3 heterocycles. The van der Waals surface area contributed by atoms with Gasteiger partial charge in [-0.2, -0.15) is 5.10 Å². The molecule has 4 rings (SSSR count). The van der Waals surface area contributed by atoms with Crippen LogP contribution in [0, 0.1) is 0 Å². The van der Waals surface area contributed by atoms with Crippen molar-refractivity contribution >= 4 is 22.9 Å². The number of carbonyl (C=O) groups excluding carboxylic acids is 1. The third-order valence-electron chi connectivity index (χ3n) is 4.21. The summed E-state index contributed by atoms with van der Waals surface area (Å²) in [6, 6.07) is 8.10.